The van der Waals surface area contributed by atoms with Crippen LogP contribution in [0.2, 0.25) is 0 Å². The van der Waals surface area contributed by atoms with Gasteiger partial charge in [-0.05, 0) is 38.1 Å². The Hall–Kier alpha value is -0.280. The summed E-state index contributed by atoms with van der Waals surface area (Å²) in [6, 6.07) is 0.283. The number of nitrogens with one attached hydrogen (secondary N) is 2. The number of hydrogen-bond donors (Lipinski definition) is 2. The fourth-order valence-electron chi connectivity index (χ4n) is 1.51. The van der Waals surface area contributed by atoms with E-state index < -0.39 is 0 Å². The zero-order valence-corrected chi connectivity index (χ0v) is 11.4. The minimum absolute atomic E-state index is 0. The van der Waals surface area contributed by atoms with E-state index in [2.05, 4.69) is 31.4 Å². The molecule has 1 amide bonds. The van der Waals surface area contributed by atoms with Crippen LogP contribution in [-0.2, 0) is 4.79 Å². The predicted molar refractivity (Wildman–Crippen MR) is 69.9 cm³/mol. The van der Waals surface area contributed by atoms with Crippen molar-refractivity contribution in [1.29, 1.82) is 0 Å². The zero-order valence-electron chi connectivity index (χ0n) is 10.6. The molecule has 0 bridgehead atoms. The highest BCUT2D eigenvalue weighted by molar-refractivity contribution is 5.85. The van der Waals surface area contributed by atoms with E-state index >= 15 is 0 Å². The number of hydrogen-bond acceptors (Lipinski definition) is 2. The molecule has 2 unspecified atom stereocenters. The van der Waals surface area contributed by atoms with Crippen LogP contribution in [0.1, 0.15) is 40.0 Å². The summed E-state index contributed by atoms with van der Waals surface area (Å²) in [6.07, 6.45) is 3.77. The summed E-state index contributed by atoms with van der Waals surface area (Å²) in [5.74, 6) is 1.52. The number of carbonyl (C=O) groups excluding carboxylic acids is 1. The third-order valence-corrected chi connectivity index (χ3v) is 3.30. The zero-order chi connectivity index (χ0) is 11.3. The number of amides is 1. The largest absolute Gasteiger partial charge is 0.352 e. The Labute approximate surface area is 105 Å². The Balaban J connectivity index is 0.00000225. The first-order chi connectivity index (χ1) is 7.13. The number of halogens is 1. The first kappa shape index (κ1) is 15.7. The summed E-state index contributed by atoms with van der Waals surface area (Å²) >= 11 is 0. The molecule has 1 aliphatic rings. The molecule has 0 aromatic heterocycles. The van der Waals surface area contributed by atoms with E-state index in [1.165, 1.54) is 12.8 Å². The Morgan fingerprint density at radius 3 is 2.50 bits per heavy atom. The average molecular weight is 249 g/mol. The minimum Gasteiger partial charge on any atom is -0.352 e. The van der Waals surface area contributed by atoms with Crippen LogP contribution in [0.25, 0.3) is 0 Å². The molecule has 2 atom stereocenters. The van der Waals surface area contributed by atoms with E-state index in [-0.39, 0.29) is 24.4 Å². The van der Waals surface area contributed by atoms with Crippen LogP contribution < -0.4 is 10.6 Å². The first-order valence-electron chi connectivity index (χ1n) is 6.13. The molecule has 2 N–H and O–H groups in total. The van der Waals surface area contributed by atoms with Gasteiger partial charge >= 0.3 is 0 Å². The molecular formula is C12H25ClN2O. The van der Waals surface area contributed by atoms with Crippen LogP contribution in [0.5, 0.6) is 0 Å². The van der Waals surface area contributed by atoms with Gasteiger partial charge in [0.1, 0.15) is 0 Å². The van der Waals surface area contributed by atoms with Gasteiger partial charge in [-0.2, -0.15) is 0 Å². The maximum Gasteiger partial charge on any atom is 0.234 e. The number of carbonyl (C=O) groups is 1. The van der Waals surface area contributed by atoms with Gasteiger partial charge < -0.3 is 10.6 Å². The van der Waals surface area contributed by atoms with Crippen LogP contribution in [0.3, 0.4) is 0 Å². The molecule has 1 rings (SSSR count). The molecular weight excluding hydrogens is 224 g/mol. The molecule has 0 radical (unpaired) electrons. The van der Waals surface area contributed by atoms with Gasteiger partial charge in [-0.15, -0.1) is 12.4 Å². The fraction of sp³-hybridized carbons (Fsp3) is 0.917. The van der Waals surface area contributed by atoms with Crippen molar-refractivity contribution in [2.75, 3.05) is 13.1 Å². The van der Waals surface area contributed by atoms with Gasteiger partial charge in [0.05, 0.1) is 6.54 Å². The van der Waals surface area contributed by atoms with Gasteiger partial charge in [0, 0.05) is 6.04 Å². The van der Waals surface area contributed by atoms with Gasteiger partial charge in [-0.25, -0.2) is 0 Å². The maximum atomic E-state index is 11.5. The van der Waals surface area contributed by atoms with Crippen molar-refractivity contribution < 1.29 is 4.79 Å². The molecule has 0 aliphatic heterocycles. The predicted octanol–water partition coefficient (Wildman–Crippen LogP) is 1.96. The van der Waals surface area contributed by atoms with E-state index in [0.29, 0.717) is 12.5 Å². The Bertz CT molecular complexity index is 207. The monoisotopic (exact) mass is 248 g/mol. The van der Waals surface area contributed by atoms with Gasteiger partial charge in [0.25, 0.3) is 0 Å². The molecule has 0 saturated heterocycles. The van der Waals surface area contributed by atoms with E-state index in [1.54, 1.807) is 0 Å². The summed E-state index contributed by atoms with van der Waals surface area (Å²) in [7, 11) is 0. The topological polar surface area (TPSA) is 41.1 Å². The van der Waals surface area contributed by atoms with Crippen molar-refractivity contribution in [3.05, 3.63) is 0 Å². The third-order valence-electron chi connectivity index (χ3n) is 3.30. The van der Waals surface area contributed by atoms with Crippen molar-refractivity contribution in [2.24, 2.45) is 11.8 Å². The van der Waals surface area contributed by atoms with Gasteiger partial charge in [0.15, 0.2) is 0 Å². The summed E-state index contributed by atoms with van der Waals surface area (Å²) in [6.45, 7) is 7.87. The SMILES string of the molecule is CCC(C)C(C)NC(=O)CNCC1CC1.Cl. The second-order valence-corrected chi connectivity index (χ2v) is 4.82. The third kappa shape index (κ3) is 6.33. The molecule has 4 heteroatoms. The molecule has 0 aromatic rings. The minimum atomic E-state index is 0. The molecule has 0 spiro atoms. The lowest BCUT2D eigenvalue weighted by molar-refractivity contribution is -0.121. The fourth-order valence-corrected chi connectivity index (χ4v) is 1.51. The van der Waals surface area contributed by atoms with Crippen LogP contribution >= 0.6 is 12.4 Å². The van der Waals surface area contributed by atoms with Gasteiger partial charge in [0.2, 0.25) is 5.91 Å². The van der Waals surface area contributed by atoms with E-state index in [0.717, 1.165) is 18.9 Å². The molecule has 3 nitrogen and oxygen atoms in total. The highest BCUT2D eigenvalue weighted by atomic mass is 35.5. The van der Waals surface area contributed by atoms with Crippen LogP contribution in [0.4, 0.5) is 0 Å². The molecule has 0 heterocycles. The molecule has 1 aliphatic carbocycles. The van der Waals surface area contributed by atoms with Crippen molar-refractivity contribution in [2.45, 2.75) is 46.1 Å². The van der Waals surface area contributed by atoms with Gasteiger partial charge in [-0.3, -0.25) is 4.79 Å². The molecule has 16 heavy (non-hydrogen) atoms. The second-order valence-electron chi connectivity index (χ2n) is 4.82. The summed E-state index contributed by atoms with van der Waals surface area (Å²) < 4.78 is 0. The van der Waals surface area contributed by atoms with Gasteiger partial charge in [-0.1, -0.05) is 20.3 Å². The standard InChI is InChI=1S/C12H24N2O.ClH/c1-4-9(2)10(3)14-12(15)8-13-7-11-5-6-11;/h9-11,13H,4-8H2,1-3H3,(H,14,15);1H. The molecule has 1 fully saturated rings. The summed E-state index contributed by atoms with van der Waals surface area (Å²) in [4.78, 5) is 11.5. The van der Waals surface area contributed by atoms with Crippen molar-refractivity contribution in [3.8, 4) is 0 Å². The highest BCUT2D eigenvalue weighted by Gasteiger charge is 2.20. The normalized spacial score (nSPS) is 18.4. The average Bonchev–Trinajstić information content (AvgIpc) is 3.00. The first-order valence-corrected chi connectivity index (χ1v) is 6.13. The Morgan fingerprint density at radius 1 is 1.38 bits per heavy atom. The van der Waals surface area contributed by atoms with Crippen LogP contribution in [0.15, 0.2) is 0 Å². The smallest absolute Gasteiger partial charge is 0.234 e. The van der Waals surface area contributed by atoms with Crippen LogP contribution in [-0.4, -0.2) is 25.0 Å². The van der Waals surface area contributed by atoms with Crippen molar-refractivity contribution in [3.63, 3.8) is 0 Å². The highest BCUT2D eigenvalue weighted by Crippen LogP contribution is 2.27. The Kier molecular flexibility index (Phi) is 7.77. The van der Waals surface area contributed by atoms with E-state index in [1.807, 2.05) is 0 Å². The lowest BCUT2D eigenvalue weighted by Gasteiger charge is -2.19. The summed E-state index contributed by atoms with van der Waals surface area (Å²) in [5, 5.41) is 6.22. The molecule has 96 valence electrons. The molecule has 1 saturated carbocycles. The van der Waals surface area contributed by atoms with Crippen LogP contribution in [0, 0.1) is 11.8 Å². The lowest BCUT2D eigenvalue weighted by atomic mass is 10.0. The lowest BCUT2D eigenvalue weighted by Crippen LogP contribution is -2.42. The van der Waals surface area contributed by atoms with Crippen molar-refractivity contribution in [1.82, 2.24) is 10.6 Å². The summed E-state index contributed by atoms with van der Waals surface area (Å²) in [5.41, 5.74) is 0. The molecule has 0 aromatic carbocycles. The second kappa shape index (κ2) is 7.91. The quantitative estimate of drug-likeness (QED) is 0.723. The van der Waals surface area contributed by atoms with E-state index in [9.17, 15) is 4.79 Å². The Morgan fingerprint density at radius 2 is 2.00 bits per heavy atom. The van der Waals surface area contributed by atoms with E-state index in [4.69, 9.17) is 0 Å². The van der Waals surface area contributed by atoms with Crippen molar-refractivity contribution >= 4 is 18.3 Å². The number of rotatable bonds is 7. The maximum absolute atomic E-state index is 11.5.